The first-order valence-electron chi connectivity index (χ1n) is 5.65. The van der Waals surface area contributed by atoms with Crippen molar-refractivity contribution in [2.24, 2.45) is 17.3 Å². The molecule has 0 aromatic rings. The third kappa shape index (κ3) is 3.17. The number of rotatable bonds is 3. The first kappa shape index (κ1) is 13.4. The van der Waals surface area contributed by atoms with Crippen molar-refractivity contribution < 1.29 is 9.53 Å². The van der Waals surface area contributed by atoms with E-state index in [9.17, 15) is 4.79 Å². The van der Waals surface area contributed by atoms with Crippen LogP contribution in [0.4, 0.5) is 0 Å². The highest BCUT2D eigenvalue weighted by molar-refractivity contribution is 7.80. The average molecular weight is 243 g/mol. The lowest BCUT2D eigenvalue weighted by atomic mass is 9.86. The van der Waals surface area contributed by atoms with Gasteiger partial charge in [-0.3, -0.25) is 0 Å². The van der Waals surface area contributed by atoms with Gasteiger partial charge in [0.2, 0.25) is 0 Å². The molecule has 1 fully saturated rings. The molecule has 92 valence electrons. The van der Waals surface area contributed by atoms with Crippen molar-refractivity contribution in [3.63, 3.8) is 0 Å². The number of carbonyl (C=O) groups is 1. The number of hydrogen-bond donors (Lipinski definition) is 1. The molecule has 3 nitrogen and oxygen atoms in total. The van der Waals surface area contributed by atoms with E-state index in [1.54, 1.807) is 0 Å². The fourth-order valence-corrected chi connectivity index (χ4v) is 2.13. The zero-order valence-corrected chi connectivity index (χ0v) is 11.5. The van der Waals surface area contributed by atoms with Gasteiger partial charge in [-0.15, -0.1) is 0 Å². The quantitative estimate of drug-likeness (QED) is 0.609. The molecule has 1 aliphatic carbocycles. The molecule has 0 aliphatic heterocycles. The standard InChI is InChI=1S/C12H21NO2S/c1-7-6-8(7)10(16)13-9(11(14)15-5)12(2,3)4/h7-9H,6H2,1-5H3,(H,13,16)/t7?,8?,9-/m1/s1. The van der Waals surface area contributed by atoms with E-state index in [2.05, 4.69) is 12.2 Å². The Hall–Kier alpha value is -0.640. The van der Waals surface area contributed by atoms with Crippen LogP contribution < -0.4 is 5.32 Å². The number of hydrogen-bond acceptors (Lipinski definition) is 3. The van der Waals surface area contributed by atoms with Crippen LogP contribution >= 0.6 is 12.2 Å². The van der Waals surface area contributed by atoms with Gasteiger partial charge in [0, 0.05) is 5.92 Å². The van der Waals surface area contributed by atoms with Crippen molar-refractivity contribution in [3.05, 3.63) is 0 Å². The lowest BCUT2D eigenvalue weighted by molar-refractivity contribution is -0.145. The number of methoxy groups -OCH3 is 1. The molecule has 1 saturated carbocycles. The van der Waals surface area contributed by atoms with Crippen LogP contribution in [0.5, 0.6) is 0 Å². The Bertz CT molecular complexity index is 296. The van der Waals surface area contributed by atoms with E-state index in [-0.39, 0.29) is 17.4 Å². The highest BCUT2D eigenvalue weighted by atomic mass is 32.1. The van der Waals surface area contributed by atoms with Crippen molar-refractivity contribution >= 4 is 23.2 Å². The monoisotopic (exact) mass is 243 g/mol. The maximum absolute atomic E-state index is 11.7. The van der Waals surface area contributed by atoms with Gasteiger partial charge in [-0.1, -0.05) is 39.9 Å². The van der Waals surface area contributed by atoms with Crippen molar-refractivity contribution in [3.8, 4) is 0 Å². The Morgan fingerprint density at radius 1 is 1.50 bits per heavy atom. The first-order chi connectivity index (χ1) is 7.27. The molecule has 16 heavy (non-hydrogen) atoms. The summed E-state index contributed by atoms with van der Waals surface area (Å²) in [5, 5.41) is 3.16. The van der Waals surface area contributed by atoms with Crippen molar-refractivity contribution in [2.45, 2.75) is 40.2 Å². The number of esters is 1. The molecule has 4 heteroatoms. The zero-order chi connectivity index (χ0) is 12.5. The summed E-state index contributed by atoms with van der Waals surface area (Å²) in [4.78, 5) is 12.5. The molecule has 0 saturated heterocycles. The molecular formula is C12H21NO2S. The second-order valence-corrected chi connectivity index (χ2v) is 6.09. The SMILES string of the molecule is COC(=O)[C@@H](NC(=S)C1CC1C)C(C)(C)C. The van der Waals surface area contributed by atoms with Crippen LogP contribution in [0.15, 0.2) is 0 Å². The van der Waals surface area contributed by atoms with E-state index in [1.807, 2.05) is 20.8 Å². The Kier molecular flexibility index (Phi) is 3.94. The lowest BCUT2D eigenvalue weighted by Crippen LogP contribution is -2.49. The molecular weight excluding hydrogens is 222 g/mol. The highest BCUT2D eigenvalue weighted by Crippen LogP contribution is 2.38. The topological polar surface area (TPSA) is 38.3 Å². The summed E-state index contributed by atoms with van der Waals surface area (Å²) >= 11 is 5.31. The second-order valence-electron chi connectivity index (χ2n) is 5.65. The molecule has 0 heterocycles. The largest absolute Gasteiger partial charge is 0.467 e. The third-order valence-electron chi connectivity index (χ3n) is 3.04. The van der Waals surface area contributed by atoms with Crippen LogP contribution in [0, 0.1) is 17.3 Å². The fourth-order valence-electron chi connectivity index (χ4n) is 1.68. The minimum atomic E-state index is -0.363. The third-order valence-corrected chi connectivity index (χ3v) is 3.46. The van der Waals surface area contributed by atoms with Crippen molar-refractivity contribution in [1.29, 1.82) is 0 Å². The molecule has 1 N–H and O–H groups in total. The van der Waals surface area contributed by atoms with Gasteiger partial charge in [-0.25, -0.2) is 4.79 Å². The number of carbonyl (C=O) groups excluding carboxylic acids is 1. The second kappa shape index (κ2) is 4.70. The van der Waals surface area contributed by atoms with Crippen molar-refractivity contribution in [2.75, 3.05) is 7.11 Å². The molecule has 0 bridgehead atoms. The number of nitrogens with one attached hydrogen (secondary N) is 1. The van der Waals surface area contributed by atoms with E-state index < -0.39 is 0 Å². The lowest BCUT2D eigenvalue weighted by Gasteiger charge is -2.30. The molecule has 0 aromatic heterocycles. The Labute approximate surface area is 103 Å². The first-order valence-corrected chi connectivity index (χ1v) is 6.06. The minimum Gasteiger partial charge on any atom is -0.467 e. The van der Waals surface area contributed by atoms with Crippen LogP contribution in [0.3, 0.4) is 0 Å². The van der Waals surface area contributed by atoms with E-state index in [4.69, 9.17) is 17.0 Å². The summed E-state index contributed by atoms with van der Waals surface area (Å²) in [5.41, 5.74) is -0.199. The van der Waals surface area contributed by atoms with E-state index in [1.165, 1.54) is 7.11 Å². The molecule has 0 spiro atoms. The Morgan fingerprint density at radius 2 is 2.00 bits per heavy atom. The molecule has 1 rings (SSSR count). The summed E-state index contributed by atoms with van der Waals surface area (Å²) in [7, 11) is 1.41. The summed E-state index contributed by atoms with van der Waals surface area (Å²) in [6, 6.07) is -0.363. The van der Waals surface area contributed by atoms with Crippen LogP contribution in [0.2, 0.25) is 0 Å². The van der Waals surface area contributed by atoms with E-state index in [0.717, 1.165) is 11.4 Å². The molecule has 1 aliphatic rings. The predicted molar refractivity (Wildman–Crippen MR) is 68.3 cm³/mol. The summed E-state index contributed by atoms with van der Waals surface area (Å²) in [5.74, 6) is 0.853. The van der Waals surface area contributed by atoms with Crippen molar-refractivity contribution in [1.82, 2.24) is 5.32 Å². The van der Waals surface area contributed by atoms with Crippen LogP contribution in [0.1, 0.15) is 34.1 Å². The number of thiocarbonyl (C=S) groups is 1. The maximum Gasteiger partial charge on any atom is 0.328 e. The van der Waals surface area contributed by atoms with E-state index >= 15 is 0 Å². The Balaban J connectivity index is 2.64. The van der Waals surface area contributed by atoms with Gasteiger partial charge >= 0.3 is 5.97 Å². The van der Waals surface area contributed by atoms with Crippen LogP contribution in [-0.4, -0.2) is 24.1 Å². The van der Waals surface area contributed by atoms with Crippen LogP contribution in [-0.2, 0) is 9.53 Å². The minimum absolute atomic E-state index is 0.199. The predicted octanol–water partition coefficient (Wildman–Crippen LogP) is 2.15. The maximum atomic E-state index is 11.7. The molecule has 0 radical (unpaired) electrons. The van der Waals surface area contributed by atoms with Gasteiger partial charge in [0.1, 0.15) is 6.04 Å². The fraction of sp³-hybridized carbons (Fsp3) is 0.833. The molecule has 3 atom stereocenters. The highest BCUT2D eigenvalue weighted by Gasteiger charge is 2.40. The van der Waals surface area contributed by atoms with Gasteiger partial charge in [0.05, 0.1) is 12.1 Å². The summed E-state index contributed by atoms with van der Waals surface area (Å²) in [6.07, 6.45) is 1.13. The van der Waals surface area contributed by atoms with Gasteiger partial charge in [0.15, 0.2) is 0 Å². The summed E-state index contributed by atoms with van der Waals surface area (Å²) in [6.45, 7) is 8.17. The van der Waals surface area contributed by atoms with Gasteiger partial charge in [0.25, 0.3) is 0 Å². The van der Waals surface area contributed by atoms with E-state index in [0.29, 0.717) is 11.8 Å². The smallest absolute Gasteiger partial charge is 0.328 e. The average Bonchev–Trinajstić information content (AvgIpc) is 2.88. The molecule has 2 unspecified atom stereocenters. The van der Waals surface area contributed by atoms with Gasteiger partial charge in [-0.2, -0.15) is 0 Å². The normalized spacial score (nSPS) is 25.8. The number of ether oxygens (including phenoxy) is 1. The van der Waals surface area contributed by atoms with Gasteiger partial charge in [-0.05, 0) is 17.8 Å². The molecule has 0 amide bonds. The summed E-state index contributed by atoms with van der Waals surface area (Å²) < 4.78 is 4.81. The zero-order valence-electron chi connectivity index (χ0n) is 10.7. The van der Waals surface area contributed by atoms with Gasteiger partial charge < -0.3 is 10.1 Å². The molecule has 0 aromatic carbocycles. The van der Waals surface area contributed by atoms with Crippen LogP contribution in [0.25, 0.3) is 0 Å². The Morgan fingerprint density at radius 3 is 2.31 bits per heavy atom.